The van der Waals surface area contributed by atoms with Crippen molar-refractivity contribution in [2.45, 2.75) is 32.8 Å². The van der Waals surface area contributed by atoms with E-state index < -0.39 is 0 Å². The molecule has 0 aliphatic heterocycles. The van der Waals surface area contributed by atoms with Crippen LogP contribution < -0.4 is 5.32 Å². The molecule has 29 heavy (non-hydrogen) atoms. The van der Waals surface area contributed by atoms with Crippen LogP contribution in [0, 0.1) is 0 Å². The Balaban J connectivity index is 1.54. The summed E-state index contributed by atoms with van der Waals surface area (Å²) >= 11 is 0. The standard InChI is InChI=1S/C21H22N6O2/c1-21(2,3)15-6-4-14(5-7-15)20(29)24-17-11-27-18(23-17)8-9-19(25-27)26-10-16(12-28)22-13-26/h4-11,13,28H,12H2,1-3H3,(H,24,29). The number of aliphatic hydroxyl groups excluding tert-OH is 1. The van der Waals surface area contributed by atoms with E-state index in [1.54, 1.807) is 39.9 Å². The molecule has 0 spiro atoms. The molecule has 4 rings (SSSR count). The third-order valence-electron chi connectivity index (χ3n) is 4.62. The second kappa shape index (κ2) is 7.14. The van der Waals surface area contributed by atoms with Crippen molar-refractivity contribution in [2.75, 3.05) is 5.32 Å². The number of aliphatic hydroxyl groups is 1. The van der Waals surface area contributed by atoms with Crippen molar-refractivity contribution in [3.05, 3.63) is 71.9 Å². The first-order chi connectivity index (χ1) is 13.8. The molecule has 3 heterocycles. The Morgan fingerprint density at radius 1 is 1.10 bits per heavy atom. The second-order valence-corrected chi connectivity index (χ2v) is 7.83. The van der Waals surface area contributed by atoms with E-state index in [9.17, 15) is 4.79 Å². The third kappa shape index (κ3) is 3.88. The fourth-order valence-electron chi connectivity index (χ4n) is 2.95. The van der Waals surface area contributed by atoms with E-state index in [2.05, 4.69) is 41.2 Å². The van der Waals surface area contributed by atoms with Crippen LogP contribution in [0.25, 0.3) is 11.5 Å². The molecule has 1 amide bonds. The summed E-state index contributed by atoms with van der Waals surface area (Å²) in [5.41, 5.74) is 2.94. The van der Waals surface area contributed by atoms with E-state index in [-0.39, 0.29) is 17.9 Å². The maximum absolute atomic E-state index is 12.6. The van der Waals surface area contributed by atoms with Crippen LogP contribution in [0.5, 0.6) is 0 Å². The van der Waals surface area contributed by atoms with Gasteiger partial charge in [0.1, 0.15) is 6.33 Å². The van der Waals surface area contributed by atoms with Crippen molar-refractivity contribution in [2.24, 2.45) is 0 Å². The van der Waals surface area contributed by atoms with Gasteiger partial charge in [-0.2, -0.15) is 0 Å². The quantitative estimate of drug-likeness (QED) is 0.558. The molecule has 0 saturated heterocycles. The molecular weight excluding hydrogens is 368 g/mol. The summed E-state index contributed by atoms with van der Waals surface area (Å²) in [5, 5.41) is 16.4. The Bertz CT molecular complexity index is 1170. The lowest BCUT2D eigenvalue weighted by Crippen LogP contribution is -2.14. The normalized spacial score (nSPS) is 11.7. The van der Waals surface area contributed by atoms with Crippen LogP contribution in [0.1, 0.15) is 42.4 Å². The largest absolute Gasteiger partial charge is 0.390 e. The molecule has 0 aliphatic rings. The van der Waals surface area contributed by atoms with Crippen LogP contribution in [0.4, 0.5) is 5.82 Å². The van der Waals surface area contributed by atoms with Crippen LogP contribution in [-0.4, -0.2) is 35.2 Å². The fourth-order valence-corrected chi connectivity index (χ4v) is 2.95. The van der Waals surface area contributed by atoms with Gasteiger partial charge in [0.05, 0.1) is 18.5 Å². The predicted molar refractivity (Wildman–Crippen MR) is 109 cm³/mol. The highest BCUT2D eigenvalue weighted by molar-refractivity contribution is 6.03. The molecule has 2 N–H and O–H groups in total. The number of nitrogens with one attached hydrogen (secondary N) is 1. The molecule has 0 bridgehead atoms. The van der Waals surface area contributed by atoms with Crippen molar-refractivity contribution in [1.82, 2.24) is 24.1 Å². The fraction of sp³-hybridized carbons (Fsp3) is 0.238. The molecule has 0 atom stereocenters. The second-order valence-electron chi connectivity index (χ2n) is 7.83. The van der Waals surface area contributed by atoms with Crippen LogP contribution in [0.2, 0.25) is 0 Å². The summed E-state index contributed by atoms with van der Waals surface area (Å²) in [4.78, 5) is 21.0. The molecular formula is C21H22N6O2. The number of nitrogens with zero attached hydrogens (tertiary/aromatic N) is 5. The third-order valence-corrected chi connectivity index (χ3v) is 4.62. The number of benzene rings is 1. The zero-order valence-corrected chi connectivity index (χ0v) is 16.5. The van der Waals surface area contributed by atoms with Crippen molar-refractivity contribution in [3.63, 3.8) is 0 Å². The molecule has 0 unspecified atom stereocenters. The molecule has 8 nitrogen and oxygen atoms in total. The zero-order chi connectivity index (χ0) is 20.6. The minimum atomic E-state index is -0.226. The highest BCUT2D eigenvalue weighted by atomic mass is 16.3. The lowest BCUT2D eigenvalue weighted by Gasteiger charge is -2.18. The van der Waals surface area contributed by atoms with Crippen molar-refractivity contribution in [3.8, 4) is 5.82 Å². The summed E-state index contributed by atoms with van der Waals surface area (Å²) in [6.07, 6.45) is 4.94. The lowest BCUT2D eigenvalue weighted by molar-refractivity contribution is 0.102. The Kier molecular flexibility index (Phi) is 4.63. The first-order valence-electron chi connectivity index (χ1n) is 9.26. The number of aromatic nitrogens is 5. The summed E-state index contributed by atoms with van der Waals surface area (Å²) in [6.45, 7) is 6.27. The van der Waals surface area contributed by atoms with E-state index in [0.29, 0.717) is 28.5 Å². The molecule has 4 aromatic rings. The average Bonchev–Trinajstić information content (AvgIpc) is 3.33. The van der Waals surface area contributed by atoms with Gasteiger partial charge in [-0.05, 0) is 35.2 Å². The number of anilines is 1. The lowest BCUT2D eigenvalue weighted by atomic mass is 9.87. The highest BCUT2D eigenvalue weighted by Crippen LogP contribution is 2.22. The smallest absolute Gasteiger partial charge is 0.256 e. The van der Waals surface area contributed by atoms with Gasteiger partial charge in [-0.1, -0.05) is 32.9 Å². The SMILES string of the molecule is CC(C)(C)c1ccc(C(=O)Nc2cn3nc(-n4cnc(CO)c4)ccc3n2)cc1. The van der Waals surface area contributed by atoms with Crippen LogP contribution in [0.3, 0.4) is 0 Å². The Morgan fingerprint density at radius 2 is 1.86 bits per heavy atom. The number of rotatable bonds is 4. The van der Waals surface area contributed by atoms with Crippen molar-refractivity contribution in [1.29, 1.82) is 0 Å². The van der Waals surface area contributed by atoms with Gasteiger partial charge < -0.3 is 10.4 Å². The first-order valence-corrected chi connectivity index (χ1v) is 9.26. The number of carbonyl (C=O) groups excluding carboxylic acids is 1. The Labute approximate surface area is 167 Å². The van der Waals surface area contributed by atoms with Crippen LogP contribution in [0.15, 0.2) is 55.1 Å². The number of hydrogen-bond donors (Lipinski definition) is 2. The van der Waals surface area contributed by atoms with Gasteiger partial charge in [-0.3, -0.25) is 9.36 Å². The minimum absolute atomic E-state index is 0.0349. The molecule has 1 aromatic carbocycles. The number of amides is 1. The number of carbonyl (C=O) groups is 1. The minimum Gasteiger partial charge on any atom is -0.390 e. The van der Waals surface area contributed by atoms with E-state index in [1.807, 2.05) is 24.3 Å². The molecule has 3 aromatic heterocycles. The Hall–Kier alpha value is -3.52. The molecule has 0 saturated carbocycles. The van der Waals surface area contributed by atoms with E-state index in [4.69, 9.17) is 5.11 Å². The summed E-state index contributed by atoms with van der Waals surface area (Å²) in [5.74, 6) is 0.815. The monoisotopic (exact) mass is 390 g/mol. The molecule has 8 heteroatoms. The van der Waals surface area contributed by atoms with Crippen molar-refractivity contribution < 1.29 is 9.90 Å². The van der Waals surface area contributed by atoms with E-state index >= 15 is 0 Å². The maximum Gasteiger partial charge on any atom is 0.256 e. The average molecular weight is 390 g/mol. The molecule has 148 valence electrons. The van der Waals surface area contributed by atoms with Crippen LogP contribution >= 0.6 is 0 Å². The van der Waals surface area contributed by atoms with E-state index in [1.165, 1.54) is 5.56 Å². The zero-order valence-electron chi connectivity index (χ0n) is 16.5. The van der Waals surface area contributed by atoms with E-state index in [0.717, 1.165) is 0 Å². The van der Waals surface area contributed by atoms with Gasteiger partial charge >= 0.3 is 0 Å². The van der Waals surface area contributed by atoms with Gasteiger partial charge in [-0.15, -0.1) is 5.10 Å². The topological polar surface area (TPSA) is 97.3 Å². The van der Waals surface area contributed by atoms with Crippen LogP contribution in [-0.2, 0) is 12.0 Å². The highest BCUT2D eigenvalue weighted by Gasteiger charge is 2.15. The maximum atomic E-state index is 12.6. The summed E-state index contributed by atoms with van der Waals surface area (Å²) < 4.78 is 3.30. The number of fused-ring (bicyclic) bond motifs is 1. The number of imidazole rings is 2. The number of hydrogen-bond acceptors (Lipinski definition) is 5. The Morgan fingerprint density at radius 3 is 2.52 bits per heavy atom. The van der Waals surface area contributed by atoms with Gasteiger partial charge in [0, 0.05) is 11.8 Å². The van der Waals surface area contributed by atoms with Gasteiger partial charge in [0.15, 0.2) is 17.3 Å². The molecule has 0 radical (unpaired) electrons. The van der Waals surface area contributed by atoms with Gasteiger partial charge in [0.25, 0.3) is 5.91 Å². The predicted octanol–water partition coefficient (Wildman–Crippen LogP) is 2.96. The molecule has 0 aliphatic carbocycles. The first kappa shape index (κ1) is 18.8. The summed E-state index contributed by atoms with van der Waals surface area (Å²) in [7, 11) is 0. The van der Waals surface area contributed by atoms with Gasteiger partial charge in [-0.25, -0.2) is 14.5 Å². The van der Waals surface area contributed by atoms with Crippen molar-refractivity contribution >= 4 is 17.4 Å². The summed E-state index contributed by atoms with van der Waals surface area (Å²) in [6, 6.07) is 11.2. The molecule has 0 fully saturated rings. The van der Waals surface area contributed by atoms with Gasteiger partial charge in [0.2, 0.25) is 0 Å².